The molecule has 1 aliphatic rings. The first-order valence-corrected chi connectivity index (χ1v) is 7.07. The summed E-state index contributed by atoms with van der Waals surface area (Å²) >= 11 is 1.69. The van der Waals surface area contributed by atoms with Crippen LogP contribution in [-0.2, 0) is 9.53 Å². The highest BCUT2D eigenvalue weighted by Crippen LogP contribution is 2.05. The largest absolute Gasteiger partial charge is 0.381 e. The fourth-order valence-corrected chi connectivity index (χ4v) is 2.15. The average molecular weight is 256 g/mol. The zero-order chi connectivity index (χ0) is 12.3. The van der Waals surface area contributed by atoms with Crippen LogP contribution >= 0.6 is 11.8 Å². The number of carbonyl (C=O) groups is 1. The molecule has 0 bridgehead atoms. The van der Waals surface area contributed by atoms with E-state index in [2.05, 4.69) is 16.6 Å². The van der Waals surface area contributed by atoms with Crippen molar-refractivity contribution < 1.29 is 9.53 Å². The molecule has 1 aliphatic heterocycles. The Hall–Kier alpha value is -0.700. The van der Waals surface area contributed by atoms with Gasteiger partial charge in [-0.25, -0.2) is 0 Å². The molecular formula is C12H20N2O2S. The molecule has 0 aromatic heterocycles. The lowest BCUT2D eigenvalue weighted by Crippen LogP contribution is -2.43. The van der Waals surface area contributed by atoms with Crippen molar-refractivity contribution in [2.45, 2.75) is 18.9 Å². The van der Waals surface area contributed by atoms with Crippen LogP contribution in [0.4, 0.5) is 0 Å². The molecule has 1 heterocycles. The van der Waals surface area contributed by atoms with Gasteiger partial charge in [-0.05, 0) is 12.8 Å². The third kappa shape index (κ3) is 7.27. The van der Waals surface area contributed by atoms with Gasteiger partial charge >= 0.3 is 0 Å². The lowest BCUT2D eigenvalue weighted by molar-refractivity contribution is -0.121. The predicted octanol–water partition coefficient (Wildman–Crippen LogP) is 0.238. The lowest BCUT2D eigenvalue weighted by Gasteiger charge is -2.23. The smallest absolute Gasteiger partial charge is 0.234 e. The quantitative estimate of drug-likeness (QED) is 0.506. The van der Waals surface area contributed by atoms with Crippen molar-refractivity contribution in [3.8, 4) is 12.3 Å². The Labute approximate surface area is 107 Å². The van der Waals surface area contributed by atoms with Gasteiger partial charge in [-0.3, -0.25) is 4.79 Å². The van der Waals surface area contributed by atoms with Crippen molar-refractivity contribution in [1.29, 1.82) is 0 Å². The van der Waals surface area contributed by atoms with E-state index in [4.69, 9.17) is 11.2 Å². The summed E-state index contributed by atoms with van der Waals surface area (Å²) in [6.45, 7) is 2.70. The highest BCUT2D eigenvalue weighted by molar-refractivity contribution is 7.99. The van der Waals surface area contributed by atoms with Gasteiger partial charge in [-0.15, -0.1) is 18.2 Å². The van der Waals surface area contributed by atoms with Crippen molar-refractivity contribution in [2.24, 2.45) is 0 Å². The molecule has 1 amide bonds. The molecule has 2 N–H and O–H groups in total. The molecule has 96 valence electrons. The summed E-state index contributed by atoms with van der Waals surface area (Å²) in [7, 11) is 0. The first-order chi connectivity index (χ1) is 8.33. The fourth-order valence-electron chi connectivity index (χ4n) is 1.60. The van der Waals surface area contributed by atoms with E-state index >= 15 is 0 Å². The van der Waals surface area contributed by atoms with Gasteiger partial charge in [0, 0.05) is 31.6 Å². The standard InChI is InChI=1S/C12H20N2O2S/c1-2-8-17-9-5-13-10-12(15)14-11-3-6-16-7-4-11/h1,11,13H,3-10H2,(H,14,15). The molecule has 0 radical (unpaired) electrons. The lowest BCUT2D eigenvalue weighted by atomic mass is 10.1. The highest BCUT2D eigenvalue weighted by Gasteiger charge is 2.15. The Bertz CT molecular complexity index is 260. The number of hydrogen-bond donors (Lipinski definition) is 2. The number of ether oxygens (including phenoxy) is 1. The normalized spacial score (nSPS) is 16.4. The van der Waals surface area contributed by atoms with Gasteiger partial charge in [-0.2, -0.15) is 0 Å². The number of nitrogens with one attached hydrogen (secondary N) is 2. The van der Waals surface area contributed by atoms with Crippen LogP contribution in [0.25, 0.3) is 0 Å². The van der Waals surface area contributed by atoms with Gasteiger partial charge in [0.25, 0.3) is 0 Å². The van der Waals surface area contributed by atoms with E-state index in [1.54, 1.807) is 11.8 Å². The molecule has 4 nitrogen and oxygen atoms in total. The fraction of sp³-hybridized carbons (Fsp3) is 0.750. The summed E-state index contributed by atoms with van der Waals surface area (Å²) in [6, 6.07) is 0.286. The molecule has 0 unspecified atom stereocenters. The number of rotatable bonds is 7. The van der Waals surface area contributed by atoms with E-state index in [9.17, 15) is 4.79 Å². The number of hydrogen-bond acceptors (Lipinski definition) is 4. The highest BCUT2D eigenvalue weighted by atomic mass is 32.2. The van der Waals surface area contributed by atoms with Crippen LogP contribution in [0.2, 0.25) is 0 Å². The number of carbonyl (C=O) groups excluding carboxylic acids is 1. The Morgan fingerprint density at radius 1 is 1.47 bits per heavy atom. The summed E-state index contributed by atoms with van der Waals surface area (Å²) in [4.78, 5) is 11.5. The van der Waals surface area contributed by atoms with Gasteiger partial charge < -0.3 is 15.4 Å². The van der Waals surface area contributed by atoms with Crippen LogP contribution < -0.4 is 10.6 Å². The maximum Gasteiger partial charge on any atom is 0.234 e. The van der Waals surface area contributed by atoms with Crippen LogP contribution in [0.15, 0.2) is 0 Å². The Morgan fingerprint density at radius 2 is 2.24 bits per heavy atom. The molecule has 0 aliphatic carbocycles. The van der Waals surface area contributed by atoms with Crippen molar-refractivity contribution >= 4 is 17.7 Å². The SMILES string of the molecule is C#CCSCCNCC(=O)NC1CCOCC1. The van der Waals surface area contributed by atoms with Crippen LogP contribution in [0.5, 0.6) is 0 Å². The van der Waals surface area contributed by atoms with Gasteiger partial charge in [-0.1, -0.05) is 5.92 Å². The summed E-state index contributed by atoms with van der Waals surface area (Å²) in [6.07, 6.45) is 6.97. The first kappa shape index (κ1) is 14.4. The van der Waals surface area contributed by atoms with E-state index < -0.39 is 0 Å². The van der Waals surface area contributed by atoms with Gasteiger partial charge in [0.05, 0.1) is 12.3 Å². The van der Waals surface area contributed by atoms with Crippen LogP contribution in [-0.4, -0.2) is 49.8 Å². The van der Waals surface area contributed by atoms with Gasteiger partial charge in [0.15, 0.2) is 0 Å². The molecule has 1 rings (SSSR count). The minimum atomic E-state index is 0.0684. The van der Waals surface area contributed by atoms with Crippen molar-refractivity contribution in [3.63, 3.8) is 0 Å². The van der Waals surface area contributed by atoms with E-state index in [-0.39, 0.29) is 11.9 Å². The Balaban J connectivity index is 1.95. The third-order valence-corrected chi connectivity index (χ3v) is 3.34. The van der Waals surface area contributed by atoms with Crippen molar-refractivity contribution in [3.05, 3.63) is 0 Å². The number of amides is 1. The van der Waals surface area contributed by atoms with E-state index in [1.807, 2.05) is 0 Å². The van der Waals surface area contributed by atoms with Crippen LogP contribution in [0, 0.1) is 12.3 Å². The second-order valence-electron chi connectivity index (χ2n) is 3.89. The zero-order valence-electron chi connectivity index (χ0n) is 10.0. The first-order valence-electron chi connectivity index (χ1n) is 5.92. The Kier molecular flexibility index (Phi) is 7.89. The molecule has 0 aromatic carbocycles. The number of thioether (sulfide) groups is 1. The zero-order valence-corrected chi connectivity index (χ0v) is 10.9. The molecule has 1 fully saturated rings. The molecule has 0 spiro atoms. The predicted molar refractivity (Wildman–Crippen MR) is 71.0 cm³/mol. The van der Waals surface area contributed by atoms with Crippen molar-refractivity contribution in [2.75, 3.05) is 37.8 Å². The van der Waals surface area contributed by atoms with Crippen LogP contribution in [0.1, 0.15) is 12.8 Å². The third-order valence-electron chi connectivity index (χ3n) is 2.48. The van der Waals surface area contributed by atoms with Gasteiger partial charge in [0.1, 0.15) is 0 Å². The van der Waals surface area contributed by atoms with Gasteiger partial charge in [0.2, 0.25) is 5.91 Å². The second-order valence-corrected chi connectivity index (χ2v) is 4.99. The topological polar surface area (TPSA) is 50.4 Å². The van der Waals surface area contributed by atoms with E-state index in [1.165, 1.54) is 0 Å². The molecule has 0 saturated carbocycles. The summed E-state index contributed by atoms with van der Waals surface area (Å²) in [5, 5.41) is 6.10. The number of terminal acetylenes is 1. The van der Waals surface area contributed by atoms with Crippen molar-refractivity contribution in [1.82, 2.24) is 10.6 Å². The maximum absolute atomic E-state index is 11.5. The van der Waals surface area contributed by atoms with E-state index in [0.29, 0.717) is 6.54 Å². The summed E-state index contributed by atoms with van der Waals surface area (Å²) in [5.74, 6) is 4.31. The monoisotopic (exact) mass is 256 g/mol. The molecule has 5 heteroatoms. The minimum Gasteiger partial charge on any atom is -0.381 e. The van der Waals surface area contributed by atoms with E-state index in [0.717, 1.165) is 44.1 Å². The molecular weight excluding hydrogens is 236 g/mol. The summed E-state index contributed by atoms with van der Waals surface area (Å²) < 4.78 is 5.23. The van der Waals surface area contributed by atoms with Crippen LogP contribution in [0.3, 0.4) is 0 Å². The maximum atomic E-state index is 11.5. The Morgan fingerprint density at radius 3 is 2.94 bits per heavy atom. The minimum absolute atomic E-state index is 0.0684. The molecule has 0 atom stereocenters. The molecule has 17 heavy (non-hydrogen) atoms. The second kappa shape index (κ2) is 9.34. The molecule has 0 aromatic rings. The average Bonchev–Trinajstić information content (AvgIpc) is 2.35. The summed E-state index contributed by atoms with van der Waals surface area (Å²) in [5.41, 5.74) is 0. The molecule has 1 saturated heterocycles.